The molecule has 0 atom stereocenters. The number of unbranched alkanes of at least 4 members (excludes halogenated alkanes) is 4. The molecule has 6 nitrogen and oxygen atoms in total. The highest BCUT2D eigenvalue weighted by Crippen LogP contribution is 2.28. The normalized spacial score (nSPS) is 17.5. The number of rotatable bonds is 12. The number of nitrogens with zero attached hydrogens (tertiary/aromatic N) is 3. The second-order valence-corrected chi connectivity index (χ2v) is 10.7. The molecule has 6 heteroatoms. The van der Waals surface area contributed by atoms with Crippen molar-refractivity contribution in [3.8, 4) is 0 Å². The van der Waals surface area contributed by atoms with Crippen molar-refractivity contribution in [3.63, 3.8) is 0 Å². The number of benzene rings is 2. The number of hydrogen-bond acceptors (Lipinski definition) is 5. The van der Waals surface area contributed by atoms with Crippen LogP contribution in [0.1, 0.15) is 80.6 Å². The van der Waals surface area contributed by atoms with E-state index in [0.29, 0.717) is 17.9 Å². The Hall–Kier alpha value is -3.15. The van der Waals surface area contributed by atoms with Crippen LogP contribution in [-0.4, -0.2) is 42.6 Å². The molecule has 1 fully saturated rings. The molecule has 1 aromatic heterocycles. The number of para-hydroxylation sites is 1. The van der Waals surface area contributed by atoms with Gasteiger partial charge < -0.3 is 15.5 Å². The summed E-state index contributed by atoms with van der Waals surface area (Å²) in [4.78, 5) is 24.3. The zero-order valence-electron chi connectivity index (χ0n) is 22.8. The highest BCUT2D eigenvalue weighted by atomic mass is 16.1. The van der Waals surface area contributed by atoms with Gasteiger partial charge >= 0.3 is 0 Å². The van der Waals surface area contributed by atoms with Crippen molar-refractivity contribution in [2.24, 2.45) is 5.92 Å². The predicted molar refractivity (Wildman–Crippen MR) is 154 cm³/mol. The van der Waals surface area contributed by atoms with Gasteiger partial charge in [-0.05, 0) is 74.3 Å². The van der Waals surface area contributed by atoms with Crippen LogP contribution < -0.4 is 15.5 Å². The van der Waals surface area contributed by atoms with Gasteiger partial charge in [-0.1, -0.05) is 56.9 Å². The fraction of sp³-hybridized carbons (Fsp3) is 0.516. The minimum absolute atomic E-state index is 0.0375. The van der Waals surface area contributed by atoms with Crippen LogP contribution in [0.15, 0.2) is 48.5 Å². The van der Waals surface area contributed by atoms with Crippen LogP contribution in [0, 0.1) is 5.92 Å². The monoisotopic (exact) mass is 501 g/mol. The van der Waals surface area contributed by atoms with Crippen LogP contribution in [0.5, 0.6) is 0 Å². The number of carbonyl (C=O) groups excluding carboxylic acids is 1. The van der Waals surface area contributed by atoms with Crippen LogP contribution in [0.25, 0.3) is 10.9 Å². The van der Waals surface area contributed by atoms with Gasteiger partial charge in [0.15, 0.2) is 0 Å². The van der Waals surface area contributed by atoms with E-state index in [9.17, 15) is 4.79 Å². The zero-order valence-corrected chi connectivity index (χ0v) is 22.8. The summed E-state index contributed by atoms with van der Waals surface area (Å²) in [5.41, 5.74) is 3.04. The van der Waals surface area contributed by atoms with Gasteiger partial charge in [0, 0.05) is 37.6 Å². The van der Waals surface area contributed by atoms with Crippen molar-refractivity contribution >= 4 is 28.6 Å². The number of hydrogen-bond donors (Lipinski definition) is 2. The number of nitrogens with one attached hydrogen (secondary N) is 2. The third-order valence-electron chi connectivity index (χ3n) is 7.52. The Morgan fingerprint density at radius 1 is 0.919 bits per heavy atom. The van der Waals surface area contributed by atoms with Crippen molar-refractivity contribution < 1.29 is 4.79 Å². The highest BCUT2D eigenvalue weighted by Gasteiger charge is 2.23. The molecule has 198 valence electrons. The van der Waals surface area contributed by atoms with Gasteiger partial charge in [0.2, 0.25) is 5.95 Å². The first-order valence-electron chi connectivity index (χ1n) is 14.1. The molecule has 1 aliphatic rings. The first-order valence-corrected chi connectivity index (χ1v) is 14.1. The van der Waals surface area contributed by atoms with Gasteiger partial charge in [0.25, 0.3) is 5.91 Å². The Morgan fingerprint density at radius 3 is 2.38 bits per heavy atom. The number of carbonyl (C=O) groups is 1. The molecule has 1 heterocycles. The van der Waals surface area contributed by atoms with Crippen LogP contribution in [0.4, 0.5) is 11.8 Å². The lowest BCUT2D eigenvalue weighted by Crippen LogP contribution is -2.34. The van der Waals surface area contributed by atoms with Gasteiger partial charge in [0.05, 0.1) is 5.52 Å². The average Bonchev–Trinajstić information content (AvgIpc) is 2.92. The molecule has 1 aliphatic carbocycles. The molecule has 0 aliphatic heterocycles. The Bertz CT molecular complexity index is 1140. The Morgan fingerprint density at radius 2 is 1.65 bits per heavy atom. The Labute approximate surface area is 222 Å². The first-order chi connectivity index (χ1) is 18.0. The quantitative estimate of drug-likeness (QED) is 0.273. The van der Waals surface area contributed by atoms with Crippen LogP contribution in [-0.2, 0) is 6.42 Å². The van der Waals surface area contributed by atoms with Crippen molar-refractivity contribution in [2.75, 3.05) is 30.9 Å². The van der Waals surface area contributed by atoms with E-state index in [2.05, 4.69) is 35.8 Å². The first kappa shape index (κ1) is 26.9. The standard InChI is InChI=1S/C31H43N5O/c1-4-5-6-7-8-11-23-14-18-25(19-15-23)30(37)32-22-24-16-20-26(21-17-24)33-31-34-28-13-10-9-12-27(28)29(35-31)36(2)3/h9-10,12-15,18-19,24,26H,4-8,11,16-17,20-22H2,1-3H3,(H,32,37)(H,33,34,35). The van der Waals surface area contributed by atoms with Gasteiger partial charge in [-0.15, -0.1) is 0 Å². The van der Waals surface area contributed by atoms with E-state index in [4.69, 9.17) is 9.97 Å². The zero-order chi connectivity index (χ0) is 26.0. The maximum Gasteiger partial charge on any atom is 0.251 e. The van der Waals surface area contributed by atoms with E-state index < -0.39 is 0 Å². The topological polar surface area (TPSA) is 70.2 Å². The molecule has 1 saturated carbocycles. The molecule has 2 N–H and O–H groups in total. The fourth-order valence-corrected chi connectivity index (χ4v) is 5.25. The average molecular weight is 502 g/mol. The maximum absolute atomic E-state index is 12.7. The number of aromatic nitrogens is 2. The second-order valence-electron chi connectivity index (χ2n) is 10.7. The Kier molecular flexibility index (Phi) is 9.75. The summed E-state index contributed by atoms with van der Waals surface area (Å²) >= 11 is 0. The number of fused-ring (bicyclic) bond motifs is 1. The van der Waals surface area contributed by atoms with E-state index in [1.807, 2.05) is 49.3 Å². The van der Waals surface area contributed by atoms with Gasteiger partial charge in [-0.25, -0.2) is 4.98 Å². The number of aryl methyl sites for hydroxylation is 1. The minimum Gasteiger partial charge on any atom is -0.362 e. The summed E-state index contributed by atoms with van der Waals surface area (Å²) < 4.78 is 0. The maximum atomic E-state index is 12.7. The van der Waals surface area contributed by atoms with E-state index in [1.54, 1.807) is 0 Å². The molecule has 0 bridgehead atoms. The lowest BCUT2D eigenvalue weighted by atomic mass is 9.86. The van der Waals surface area contributed by atoms with E-state index >= 15 is 0 Å². The molecule has 0 unspecified atom stereocenters. The molecular formula is C31H43N5O. The number of anilines is 2. The smallest absolute Gasteiger partial charge is 0.251 e. The molecule has 0 spiro atoms. The molecule has 3 aromatic rings. The summed E-state index contributed by atoms with van der Waals surface area (Å²) in [6, 6.07) is 16.7. The van der Waals surface area contributed by atoms with Crippen molar-refractivity contribution in [1.29, 1.82) is 0 Å². The summed E-state index contributed by atoms with van der Waals surface area (Å²) in [6.45, 7) is 2.98. The minimum atomic E-state index is 0.0375. The fourth-order valence-electron chi connectivity index (χ4n) is 5.25. The molecule has 0 saturated heterocycles. The molecule has 0 radical (unpaired) electrons. The summed E-state index contributed by atoms with van der Waals surface area (Å²) in [7, 11) is 4.03. The molecular weight excluding hydrogens is 458 g/mol. The van der Waals surface area contributed by atoms with E-state index in [-0.39, 0.29) is 5.91 Å². The van der Waals surface area contributed by atoms with Gasteiger partial charge in [0.1, 0.15) is 5.82 Å². The second kappa shape index (κ2) is 13.4. The number of amides is 1. The summed E-state index contributed by atoms with van der Waals surface area (Å²) in [5.74, 6) is 2.18. The lowest BCUT2D eigenvalue weighted by molar-refractivity contribution is 0.0943. The lowest BCUT2D eigenvalue weighted by Gasteiger charge is -2.29. The third kappa shape index (κ3) is 7.67. The van der Waals surface area contributed by atoms with E-state index in [1.165, 1.54) is 37.7 Å². The van der Waals surface area contributed by atoms with Crippen LogP contribution >= 0.6 is 0 Å². The summed E-state index contributed by atoms with van der Waals surface area (Å²) in [5, 5.41) is 7.81. The molecule has 2 aromatic carbocycles. The molecule has 37 heavy (non-hydrogen) atoms. The van der Waals surface area contributed by atoms with Crippen molar-refractivity contribution in [1.82, 2.24) is 15.3 Å². The SMILES string of the molecule is CCCCCCCc1ccc(C(=O)NCC2CCC(Nc3nc(N(C)C)c4ccccc4n3)CC2)cc1. The van der Waals surface area contributed by atoms with Gasteiger partial charge in [-0.3, -0.25) is 4.79 Å². The van der Waals surface area contributed by atoms with Crippen LogP contribution in [0.2, 0.25) is 0 Å². The molecule has 4 rings (SSSR count). The molecule has 1 amide bonds. The largest absolute Gasteiger partial charge is 0.362 e. The Balaban J connectivity index is 1.21. The van der Waals surface area contributed by atoms with Crippen molar-refractivity contribution in [3.05, 3.63) is 59.7 Å². The van der Waals surface area contributed by atoms with Crippen LogP contribution in [0.3, 0.4) is 0 Å². The third-order valence-corrected chi connectivity index (χ3v) is 7.52. The highest BCUT2D eigenvalue weighted by molar-refractivity contribution is 5.94. The summed E-state index contributed by atoms with van der Waals surface area (Å²) in [6.07, 6.45) is 11.8. The van der Waals surface area contributed by atoms with Crippen molar-refractivity contribution in [2.45, 2.75) is 77.2 Å². The van der Waals surface area contributed by atoms with E-state index in [0.717, 1.165) is 60.9 Å². The van der Waals surface area contributed by atoms with Gasteiger partial charge in [-0.2, -0.15) is 4.98 Å². The predicted octanol–water partition coefficient (Wildman–Crippen LogP) is 6.61.